The Bertz CT molecular complexity index is 479. The van der Waals surface area contributed by atoms with Crippen LogP contribution in [0.3, 0.4) is 0 Å². The molecule has 0 radical (unpaired) electrons. The van der Waals surface area contributed by atoms with Gasteiger partial charge in [-0.25, -0.2) is 0 Å². The van der Waals surface area contributed by atoms with Gasteiger partial charge in [-0.1, -0.05) is 0 Å². The van der Waals surface area contributed by atoms with E-state index in [0.29, 0.717) is 0 Å². The van der Waals surface area contributed by atoms with Crippen molar-refractivity contribution < 1.29 is 9.15 Å². The minimum atomic E-state index is 0.737. The molecule has 0 atom stereocenters. The molecule has 0 aliphatic heterocycles. The summed E-state index contributed by atoms with van der Waals surface area (Å²) in [5, 5.41) is 4.14. The van der Waals surface area contributed by atoms with E-state index in [1.807, 2.05) is 25.2 Å². The number of methoxy groups -OCH3 is 1. The van der Waals surface area contributed by atoms with Crippen LogP contribution in [0.15, 0.2) is 27.3 Å². The SMILES string of the molecule is CNCc1cc2oc(Br)cc2cc1OC. The monoisotopic (exact) mass is 269 g/mol. The third-order valence-electron chi connectivity index (χ3n) is 2.26. The Hall–Kier alpha value is -1.00. The first-order valence-corrected chi connectivity index (χ1v) is 5.44. The lowest BCUT2D eigenvalue weighted by atomic mass is 10.1. The highest BCUT2D eigenvalue weighted by Gasteiger charge is 2.08. The van der Waals surface area contributed by atoms with Crippen LogP contribution in [0.4, 0.5) is 0 Å². The Morgan fingerprint density at radius 2 is 2.20 bits per heavy atom. The summed E-state index contributed by atoms with van der Waals surface area (Å²) in [6.07, 6.45) is 0. The zero-order chi connectivity index (χ0) is 10.8. The van der Waals surface area contributed by atoms with Gasteiger partial charge >= 0.3 is 0 Å². The van der Waals surface area contributed by atoms with E-state index in [9.17, 15) is 0 Å². The number of hydrogen-bond acceptors (Lipinski definition) is 3. The first kappa shape index (κ1) is 10.5. The molecule has 1 N–H and O–H groups in total. The van der Waals surface area contributed by atoms with Crippen LogP contribution in [0.5, 0.6) is 5.75 Å². The Morgan fingerprint density at radius 1 is 1.40 bits per heavy atom. The number of halogens is 1. The standard InChI is InChI=1S/C11H12BrNO2/c1-13-6-8-4-10-7(3-9(8)14-2)5-11(12)15-10/h3-5,13H,6H2,1-2H3. The molecule has 2 rings (SSSR count). The van der Waals surface area contributed by atoms with Gasteiger partial charge in [0.1, 0.15) is 11.3 Å². The van der Waals surface area contributed by atoms with Gasteiger partial charge in [-0.15, -0.1) is 0 Å². The highest BCUT2D eigenvalue weighted by molar-refractivity contribution is 9.10. The zero-order valence-electron chi connectivity index (χ0n) is 8.63. The average molecular weight is 270 g/mol. The lowest BCUT2D eigenvalue weighted by Gasteiger charge is -2.07. The van der Waals surface area contributed by atoms with Crippen molar-refractivity contribution in [1.29, 1.82) is 0 Å². The van der Waals surface area contributed by atoms with E-state index in [4.69, 9.17) is 9.15 Å². The molecular weight excluding hydrogens is 258 g/mol. The van der Waals surface area contributed by atoms with Crippen molar-refractivity contribution in [3.63, 3.8) is 0 Å². The molecule has 0 saturated heterocycles. The molecular formula is C11H12BrNO2. The summed E-state index contributed by atoms with van der Waals surface area (Å²) in [5.41, 5.74) is 1.96. The van der Waals surface area contributed by atoms with E-state index in [1.54, 1.807) is 7.11 Å². The maximum Gasteiger partial charge on any atom is 0.170 e. The van der Waals surface area contributed by atoms with Crippen molar-refractivity contribution in [3.05, 3.63) is 28.4 Å². The summed E-state index contributed by atoms with van der Waals surface area (Å²) in [4.78, 5) is 0. The predicted octanol–water partition coefficient (Wildman–Crippen LogP) is 2.92. The maximum absolute atomic E-state index is 5.49. The van der Waals surface area contributed by atoms with Crippen LogP contribution < -0.4 is 10.1 Å². The number of fused-ring (bicyclic) bond motifs is 1. The van der Waals surface area contributed by atoms with Crippen LogP contribution in [0.1, 0.15) is 5.56 Å². The summed E-state index contributed by atoms with van der Waals surface area (Å²) in [6, 6.07) is 5.91. The number of rotatable bonds is 3. The second-order valence-corrected chi connectivity index (χ2v) is 4.06. The summed E-state index contributed by atoms with van der Waals surface area (Å²) in [5.74, 6) is 0.880. The first-order chi connectivity index (χ1) is 7.24. The van der Waals surface area contributed by atoms with Gasteiger partial charge in [-0.05, 0) is 41.2 Å². The van der Waals surface area contributed by atoms with E-state index < -0.39 is 0 Å². The van der Waals surface area contributed by atoms with Gasteiger partial charge in [0.05, 0.1) is 7.11 Å². The van der Waals surface area contributed by atoms with Crippen molar-refractivity contribution in [2.45, 2.75) is 6.54 Å². The minimum Gasteiger partial charge on any atom is -0.496 e. The van der Waals surface area contributed by atoms with Crippen LogP contribution in [-0.2, 0) is 6.54 Å². The Labute approximate surface area is 96.5 Å². The average Bonchev–Trinajstić information content (AvgIpc) is 2.56. The molecule has 0 bridgehead atoms. The number of furan rings is 1. The fraction of sp³-hybridized carbons (Fsp3) is 0.273. The van der Waals surface area contributed by atoms with Gasteiger partial charge in [0, 0.05) is 17.5 Å². The second-order valence-electron chi connectivity index (χ2n) is 3.28. The van der Waals surface area contributed by atoms with Crippen LogP contribution in [-0.4, -0.2) is 14.2 Å². The number of ether oxygens (including phenoxy) is 1. The Kier molecular flexibility index (Phi) is 2.98. The van der Waals surface area contributed by atoms with E-state index >= 15 is 0 Å². The van der Waals surface area contributed by atoms with Crippen molar-refractivity contribution >= 4 is 26.9 Å². The molecule has 1 aromatic carbocycles. The fourth-order valence-electron chi connectivity index (χ4n) is 1.59. The first-order valence-electron chi connectivity index (χ1n) is 4.65. The van der Waals surface area contributed by atoms with Crippen LogP contribution in [0.2, 0.25) is 0 Å². The predicted molar refractivity (Wildman–Crippen MR) is 63.2 cm³/mol. The molecule has 2 aromatic rings. The molecule has 3 nitrogen and oxygen atoms in total. The molecule has 15 heavy (non-hydrogen) atoms. The number of nitrogens with one attached hydrogen (secondary N) is 1. The highest BCUT2D eigenvalue weighted by Crippen LogP contribution is 2.30. The summed E-state index contributed by atoms with van der Waals surface area (Å²) in [6.45, 7) is 0.761. The Morgan fingerprint density at radius 3 is 2.87 bits per heavy atom. The zero-order valence-corrected chi connectivity index (χ0v) is 10.2. The third kappa shape index (κ3) is 2.01. The van der Waals surface area contributed by atoms with Crippen LogP contribution >= 0.6 is 15.9 Å². The van der Waals surface area contributed by atoms with Crippen molar-refractivity contribution in [2.75, 3.05) is 14.2 Å². The molecule has 0 fully saturated rings. The molecule has 0 spiro atoms. The van der Waals surface area contributed by atoms with Gasteiger partial charge in [-0.3, -0.25) is 0 Å². The highest BCUT2D eigenvalue weighted by atomic mass is 79.9. The molecule has 1 heterocycles. The molecule has 1 aromatic heterocycles. The van der Waals surface area contributed by atoms with E-state index in [1.165, 1.54) is 0 Å². The molecule has 0 unspecified atom stereocenters. The largest absolute Gasteiger partial charge is 0.496 e. The summed E-state index contributed by atoms with van der Waals surface area (Å²) < 4.78 is 11.5. The molecule has 80 valence electrons. The molecule has 4 heteroatoms. The Balaban J connectivity index is 2.57. The second kappa shape index (κ2) is 4.24. The van der Waals surface area contributed by atoms with Crippen LogP contribution in [0.25, 0.3) is 11.0 Å². The van der Waals surface area contributed by atoms with E-state index in [-0.39, 0.29) is 0 Å². The van der Waals surface area contributed by atoms with Gasteiger partial charge in [0.2, 0.25) is 0 Å². The van der Waals surface area contributed by atoms with Crippen molar-refractivity contribution in [1.82, 2.24) is 5.32 Å². The van der Waals surface area contributed by atoms with Crippen molar-refractivity contribution in [3.8, 4) is 5.75 Å². The number of hydrogen-bond donors (Lipinski definition) is 1. The van der Waals surface area contributed by atoms with E-state index in [2.05, 4.69) is 21.2 Å². The van der Waals surface area contributed by atoms with E-state index in [0.717, 1.165) is 33.5 Å². The van der Waals surface area contributed by atoms with Gasteiger partial charge < -0.3 is 14.5 Å². The number of benzene rings is 1. The topological polar surface area (TPSA) is 34.4 Å². The smallest absolute Gasteiger partial charge is 0.170 e. The van der Waals surface area contributed by atoms with Gasteiger partial charge in [-0.2, -0.15) is 0 Å². The van der Waals surface area contributed by atoms with Crippen molar-refractivity contribution in [2.24, 2.45) is 0 Å². The quantitative estimate of drug-likeness (QED) is 0.931. The maximum atomic E-state index is 5.49. The van der Waals surface area contributed by atoms with Gasteiger partial charge in [0.25, 0.3) is 0 Å². The summed E-state index contributed by atoms with van der Waals surface area (Å²) >= 11 is 3.31. The fourth-order valence-corrected chi connectivity index (χ4v) is 2.02. The molecule has 0 amide bonds. The van der Waals surface area contributed by atoms with Gasteiger partial charge in [0.15, 0.2) is 4.67 Å². The molecule has 0 saturated carbocycles. The molecule has 0 aliphatic rings. The third-order valence-corrected chi connectivity index (χ3v) is 2.65. The van der Waals surface area contributed by atoms with Crippen LogP contribution in [0, 0.1) is 0 Å². The lowest BCUT2D eigenvalue weighted by Crippen LogP contribution is -2.06. The minimum absolute atomic E-state index is 0.737. The molecule has 0 aliphatic carbocycles. The normalized spacial score (nSPS) is 10.9. The summed E-state index contributed by atoms with van der Waals surface area (Å²) in [7, 11) is 3.58. The lowest BCUT2D eigenvalue weighted by molar-refractivity contribution is 0.409.